The molecule has 0 bridgehead atoms. The van der Waals surface area contributed by atoms with Gasteiger partial charge in [0.1, 0.15) is 11.6 Å². The molecule has 0 spiro atoms. The molecular weight excluding hydrogens is 302 g/mol. The van der Waals surface area contributed by atoms with Crippen molar-refractivity contribution in [2.45, 2.75) is 6.92 Å². The first kappa shape index (κ1) is 15.6. The number of nitrogens with one attached hydrogen (secondary N) is 2. The summed E-state index contributed by atoms with van der Waals surface area (Å²) in [7, 11) is 0. The van der Waals surface area contributed by atoms with E-state index in [0.717, 1.165) is 11.3 Å². The molecule has 0 saturated carbocycles. The standard InChI is InChI=1S/C19H17N3O2/c1-14(17-8-5-11-24-17)12-19(23)22-16-9-10-18(20-13-16)21-15-6-3-2-4-7-15/h2-13H,1H3,(H,20,21)(H,22,23). The van der Waals surface area contributed by atoms with Crippen LogP contribution in [0.1, 0.15) is 12.7 Å². The van der Waals surface area contributed by atoms with Crippen LogP contribution in [0, 0.1) is 0 Å². The molecule has 0 atom stereocenters. The minimum absolute atomic E-state index is 0.227. The minimum Gasteiger partial charge on any atom is -0.465 e. The van der Waals surface area contributed by atoms with Crippen LogP contribution in [0.5, 0.6) is 0 Å². The van der Waals surface area contributed by atoms with Crippen LogP contribution < -0.4 is 10.6 Å². The van der Waals surface area contributed by atoms with Crippen LogP contribution in [0.2, 0.25) is 0 Å². The third-order valence-corrected chi connectivity index (χ3v) is 3.33. The highest BCUT2D eigenvalue weighted by Gasteiger charge is 2.04. The van der Waals surface area contributed by atoms with Crippen LogP contribution in [0.3, 0.4) is 0 Å². The number of hydrogen-bond donors (Lipinski definition) is 2. The largest absolute Gasteiger partial charge is 0.465 e. The number of aromatic nitrogens is 1. The molecule has 0 aliphatic carbocycles. The number of carbonyl (C=O) groups is 1. The topological polar surface area (TPSA) is 67.2 Å². The Hall–Kier alpha value is -3.34. The lowest BCUT2D eigenvalue weighted by Crippen LogP contribution is -2.09. The van der Waals surface area contributed by atoms with Crippen LogP contribution in [0.4, 0.5) is 17.2 Å². The summed E-state index contributed by atoms with van der Waals surface area (Å²) >= 11 is 0. The number of para-hydroxylation sites is 1. The van der Waals surface area contributed by atoms with Gasteiger partial charge in [-0.25, -0.2) is 4.98 Å². The second-order valence-electron chi connectivity index (χ2n) is 5.22. The van der Waals surface area contributed by atoms with E-state index in [0.29, 0.717) is 17.3 Å². The molecule has 0 aliphatic rings. The maximum absolute atomic E-state index is 12.0. The predicted molar refractivity (Wildman–Crippen MR) is 95.0 cm³/mol. The second kappa shape index (κ2) is 7.28. The number of nitrogens with zero attached hydrogens (tertiary/aromatic N) is 1. The molecular formula is C19H17N3O2. The Morgan fingerprint density at radius 3 is 2.54 bits per heavy atom. The zero-order valence-electron chi connectivity index (χ0n) is 13.2. The Balaban J connectivity index is 1.62. The van der Waals surface area contributed by atoms with Gasteiger partial charge in [-0.2, -0.15) is 0 Å². The molecule has 1 amide bonds. The van der Waals surface area contributed by atoms with Gasteiger partial charge in [-0.05, 0) is 48.9 Å². The van der Waals surface area contributed by atoms with E-state index in [-0.39, 0.29) is 5.91 Å². The number of allylic oxidation sites excluding steroid dienone is 1. The van der Waals surface area contributed by atoms with Crippen LogP contribution in [-0.2, 0) is 4.79 Å². The molecule has 5 nitrogen and oxygen atoms in total. The maximum Gasteiger partial charge on any atom is 0.248 e. The van der Waals surface area contributed by atoms with E-state index in [2.05, 4.69) is 15.6 Å². The van der Waals surface area contributed by atoms with Gasteiger partial charge in [0.15, 0.2) is 0 Å². The van der Waals surface area contributed by atoms with Crippen LogP contribution in [-0.4, -0.2) is 10.9 Å². The van der Waals surface area contributed by atoms with Crippen molar-refractivity contribution in [1.29, 1.82) is 0 Å². The first-order valence-corrected chi connectivity index (χ1v) is 7.52. The van der Waals surface area contributed by atoms with Crippen molar-refractivity contribution < 1.29 is 9.21 Å². The summed E-state index contributed by atoms with van der Waals surface area (Å²) in [6.45, 7) is 1.82. The van der Waals surface area contributed by atoms with Gasteiger partial charge in [0, 0.05) is 11.8 Å². The molecule has 2 heterocycles. The average molecular weight is 319 g/mol. The number of benzene rings is 1. The van der Waals surface area contributed by atoms with Gasteiger partial charge in [-0.15, -0.1) is 0 Å². The number of pyridine rings is 1. The molecule has 0 aliphatic heterocycles. The van der Waals surface area contributed by atoms with Gasteiger partial charge < -0.3 is 15.1 Å². The van der Waals surface area contributed by atoms with E-state index >= 15 is 0 Å². The van der Waals surface area contributed by atoms with E-state index in [1.807, 2.05) is 49.4 Å². The molecule has 2 aromatic heterocycles. The van der Waals surface area contributed by atoms with Gasteiger partial charge in [-0.3, -0.25) is 4.79 Å². The van der Waals surface area contributed by atoms with E-state index in [1.54, 1.807) is 24.6 Å². The normalized spacial score (nSPS) is 11.1. The van der Waals surface area contributed by atoms with E-state index in [1.165, 1.54) is 6.08 Å². The monoisotopic (exact) mass is 319 g/mol. The van der Waals surface area contributed by atoms with E-state index < -0.39 is 0 Å². The number of carbonyl (C=O) groups excluding carboxylic acids is 1. The minimum atomic E-state index is -0.227. The number of hydrogen-bond acceptors (Lipinski definition) is 4. The number of rotatable bonds is 5. The fourth-order valence-electron chi connectivity index (χ4n) is 2.16. The lowest BCUT2D eigenvalue weighted by Gasteiger charge is -2.07. The Morgan fingerprint density at radius 1 is 1.04 bits per heavy atom. The molecule has 120 valence electrons. The van der Waals surface area contributed by atoms with Gasteiger partial charge in [0.2, 0.25) is 5.91 Å². The molecule has 3 aromatic rings. The highest BCUT2D eigenvalue weighted by molar-refractivity contribution is 6.03. The summed E-state index contributed by atoms with van der Waals surface area (Å²) in [4.78, 5) is 16.3. The molecule has 3 rings (SSSR count). The van der Waals surface area contributed by atoms with Crippen molar-refractivity contribution >= 4 is 28.7 Å². The number of furan rings is 1. The highest BCUT2D eigenvalue weighted by Crippen LogP contribution is 2.17. The Kier molecular flexibility index (Phi) is 4.72. The van der Waals surface area contributed by atoms with Crippen molar-refractivity contribution in [2.75, 3.05) is 10.6 Å². The lowest BCUT2D eigenvalue weighted by atomic mass is 10.2. The summed E-state index contributed by atoms with van der Waals surface area (Å²) in [6, 6.07) is 17.0. The fourth-order valence-corrected chi connectivity index (χ4v) is 2.16. The van der Waals surface area contributed by atoms with Crippen molar-refractivity contribution in [3.63, 3.8) is 0 Å². The Labute approximate surface area is 140 Å². The van der Waals surface area contributed by atoms with Crippen LogP contribution >= 0.6 is 0 Å². The van der Waals surface area contributed by atoms with Gasteiger partial charge in [0.05, 0.1) is 18.1 Å². The quantitative estimate of drug-likeness (QED) is 0.681. The first-order valence-electron chi connectivity index (χ1n) is 7.52. The molecule has 2 N–H and O–H groups in total. The summed E-state index contributed by atoms with van der Waals surface area (Å²) in [5.74, 6) is 1.15. The molecule has 0 fully saturated rings. The van der Waals surface area contributed by atoms with Crippen molar-refractivity contribution in [2.24, 2.45) is 0 Å². The maximum atomic E-state index is 12.0. The summed E-state index contributed by atoms with van der Waals surface area (Å²) in [5.41, 5.74) is 2.34. The lowest BCUT2D eigenvalue weighted by molar-refractivity contribution is -0.111. The molecule has 0 radical (unpaired) electrons. The van der Waals surface area contributed by atoms with Crippen LogP contribution in [0.15, 0.2) is 77.6 Å². The molecule has 1 aromatic carbocycles. The third kappa shape index (κ3) is 4.10. The Morgan fingerprint density at radius 2 is 1.88 bits per heavy atom. The number of anilines is 3. The molecule has 0 unspecified atom stereocenters. The van der Waals surface area contributed by atoms with Crippen molar-refractivity contribution in [3.8, 4) is 0 Å². The zero-order chi connectivity index (χ0) is 16.8. The van der Waals surface area contributed by atoms with Crippen LogP contribution in [0.25, 0.3) is 5.57 Å². The average Bonchev–Trinajstić information content (AvgIpc) is 3.12. The number of amides is 1. The van der Waals surface area contributed by atoms with Crippen molar-refractivity contribution in [1.82, 2.24) is 4.98 Å². The third-order valence-electron chi connectivity index (χ3n) is 3.33. The van der Waals surface area contributed by atoms with Gasteiger partial charge >= 0.3 is 0 Å². The SMILES string of the molecule is CC(=CC(=O)Nc1ccc(Nc2ccccc2)nc1)c1ccco1. The molecule has 24 heavy (non-hydrogen) atoms. The smallest absolute Gasteiger partial charge is 0.248 e. The molecule has 5 heteroatoms. The van der Waals surface area contributed by atoms with Gasteiger partial charge in [-0.1, -0.05) is 18.2 Å². The highest BCUT2D eigenvalue weighted by atomic mass is 16.3. The summed E-state index contributed by atoms with van der Waals surface area (Å²) < 4.78 is 5.25. The predicted octanol–water partition coefficient (Wildman–Crippen LogP) is 4.46. The van der Waals surface area contributed by atoms with Crippen molar-refractivity contribution in [3.05, 3.63) is 78.9 Å². The zero-order valence-corrected chi connectivity index (χ0v) is 13.2. The van der Waals surface area contributed by atoms with E-state index in [4.69, 9.17) is 4.42 Å². The Bertz CT molecular complexity index is 823. The van der Waals surface area contributed by atoms with E-state index in [9.17, 15) is 4.79 Å². The second-order valence-corrected chi connectivity index (χ2v) is 5.22. The summed E-state index contributed by atoms with van der Waals surface area (Å²) in [6.07, 6.45) is 4.68. The fraction of sp³-hybridized carbons (Fsp3) is 0.0526. The first-order chi connectivity index (χ1) is 11.7. The van der Waals surface area contributed by atoms with Gasteiger partial charge in [0.25, 0.3) is 0 Å². The summed E-state index contributed by atoms with van der Waals surface area (Å²) in [5, 5.41) is 5.97. The molecule has 0 saturated heterocycles.